The summed E-state index contributed by atoms with van der Waals surface area (Å²) in [4.78, 5) is 10.3. The van der Waals surface area contributed by atoms with E-state index in [0.717, 1.165) is 11.3 Å². The second-order valence-electron chi connectivity index (χ2n) is 2.46. The lowest BCUT2D eigenvalue weighted by molar-refractivity contribution is 0.109. The number of thiophene rings is 1. The summed E-state index contributed by atoms with van der Waals surface area (Å²) in [5.74, 6) is -0.00172. The predicted octanol–water partition coefficient (Wildman–Crippen LogP) is 3.09. The summed E-state index contributed by atoms with van der Waals surface area (Å²) < 4.78 is 22.6. The van der Waals surface area contributed by atoms with E-state index >= 15 is 0 Å². The molecule has 0 fully saturated rings. The number of ether oxygens (including phenoxy) is 1. The third-order valence-corrected chi connectivity index (χ3v) is 2.24. The van der Waals surface area contributed by atoms with Crippen LogP contribution >= 0.6 is 11.3 Å². The Bertz CT molecular complexity index is 446. The Morgan fingerprint density at radius 1 is 1.50 bits per heavy atom. The van der Waals surface area contributed by atoms with Crippen LogP contribution in [0.1, 0.15) is 10.6 Å². The van der Waals surface area contributed by atoms with E-state index in [0.29, 0.717) is 11.3 Å². The number of carbonyl (C=O) groups excluding carboxylic acids is 1. The lowest BCUT2D eigenvalue weighted by atomic mass is 10.5. The molecule has 0 atom stereocenters. The van der Waals surface area contributed by atoms with Crippen LogP contribution in [0.25, 0.3) is 0 Å². The Morgan fingerprint density at radius 3 is 2.93 bits per heavy atom. The molecule has 5 heteroatoms. The summed E-state index contributed by atoms with van der Waals surface area (Å²) >= 11 is 1.12. The third-order valence-electron chi connectivity index (χ3n) is 1.46. The number of aldehydes is 1. The van der Waals surface area contributed by atoms with Crippen LogP contribution in [-0.4, -0.2) is 6.29 Å². The monoisotopic (exact) mass is 212 g/mol. The van der Waals surface area contributed by atoms with Gasteiger partial charge in [0.1, 0.15) is 5.82 Å². The zero-order valence-electron chi connectivity index (χ0n) is 6.90. The van der Waals surface area contributed by atoms with E-state index in [9.17, 15) is 9.18 Å². The lowest BCUT2D eigenvalue weighted by Gasteiger charge is -1.94. The normalized spacial score (nSPS) is 10.1. The molecule has 0 amide bonds. The van der Waals surface area contributed by atoms with E-state index in [-0.39, 0.29) is 17.5 Å². The molecule has 2 aromatic rings. The molecule has 3 nitrogen and oxygen atoms in total. The van der Waals surface area contributed by atoms with Crippen molar-refractivity contribution in [2.24, 2.45) is 0 Å². The maximum Gasteiger partial charge on any atom is 0.291 e. The van der Waals surface area contributed by atoms with Crippen LogP contribution in [0.2, 0.25) is 0 Å². The van der Waals surface area contributed by atoms with Gasteiger partial charge in [-0.05, 0) is 6.07 Å². The van der Waals surface area contributed by atoms with Gasteiger partial charge < -0.3 is 9.15 Å². The maximum absolute atomic E-state index is 12.5. The van der Waals surface area contributed by atoms with Crippen molar-refractivity contribution in [3.05, 3.63) is 35.2 Å². The summed E-state index contributed by atoms with van der Waals surface area (Å²) in [6.45, 7) is 0. The fourth-order valence-electron chi connectivity index (χ4n) is 0.900. The molecule has 2 heterocycles. The minimum atomic E-state index is -0.354. The van der Waals surface area contributed by atoms with Gasteiger partial charge in [-0.2, -0.15) is 0 Å². The van der Waals surface area contributed by atoms with E-state index in [1.54, 1.807) is 0 Å². The highest BCUT2D eigenvalue weighted by Crippen LogP contribution is 2.28. The summed E-state index contributed by atoms with van der Waals surface area (Å²) in [6, 6.07) is 4.22. The van der Waals surface area contributed by atoms with Crippen LogP contribution in [0.3, 0.4) is 0 Å². The van der Waals surface area contributed by atoms with Crippen molar-refractivity contribution in [2.75, 3.05) is 0 Å². The summed E-state index contributed by atoms with van der Waals surface area (Å²) in [5, 5.41) is 1.70. The van der Waals surface area contributed by atoms with Crippen molar-refractivity contribution in [2.45, 2.75) is 0 Å². The van der Waals surface area contributed by atoms with Crippen LogP contribution in [0.15, 0.2) is 28.0 Å². The largest absolute Gasteiger partial charge is 0.422 e. The molecule has 0 aromatic carbocycles. The number of hydrogen-bond acceptors (Lipinski definition) is 4. The molecular formula is C9H5FO3S. The first-order chi connectivity index (χ1) is 6.78. The molecule has 0 spiro atoms. The van der Waals surface area contributed by atoms with Crippen LogP contribution in [-0.2, 0) is 0 Å². The molecule has 0 saturated carbocycles. The van der Waals surface area contributed by atoms with Gasteiger partial charge in [-0.15, -0.1) is 11.3 Å². The van der Waals surface area contributed by atoms with E-state index < -0.39 is 0 Å². The van der Waals surface area contributed by atoms with Crippen LogP contribution in [0.5, 0.6) is 11.0 Å². The van der Waals surface area contributed by atoms with Crippen molar-refractivity contribution < 1.29 is 18.3 Å². The molecule has 0 aliphatic rings. The van der Waals surface area contributed by atoms with E-state index in [4.69, 9.17) is 9.15 Å². The molecule has 2 aromatic heterocycles. The number of rotatable bonds is 3. The second-order valence-corrected chi connectivity index (χ2v) is 3.33. The van der Waals surface area contributed by atoms with Gasteiger partial charge in [-0.25, -0.2) is 4.39 Å². The third kappa shape index (κ3) is 1.82. The van der Waals surface area contributed by atoms with Gasteiger partial charge in [0.25, 0.3) is 5.95 Å². The fraction of sp³-hybridized carbons (Fsp3) is 0. The van der Waals surface area contributed by atoms with Gasteiger partial charge in [0.2, 0.25) is 0 Å². The number of carbonyl (C=O) groups is 1. The van der Waals surface area contributed by atoms with Gasteiger partial charge in [0.05, 0.1) is 0 Å². The molecule has 72 valence electrons. The Kier molecular flexibility index (Phi) is 2.32. The first-order valence-electron chi connectivity index (χ1n) is 3.75. The van der Waals surface area contributed by atoms with Crippen LogP contribution < -0.4 is 4.74 Å². The highest BCUT2D eigenvalue weighted by atomic mass is 32.1. The minimum Gasteiger partial charge on any atom is -0.422 e. The molecule has 0 aliphatic heterocycles. The molecule has 2 rings (SSSR count). The van der Waals surface area contributed by atoms with Crippen molar-refractivity contribution in [1.82, 2.24) is 0 Å². The van der Waals surface area contributed by atoms with Gasteiger partial charge in [0, 0.05) is 17.5 Å². The molecule has 0 radical (unpaired) electrons. The number of halogens is 1. The number of furan rings is 1. The Labute approximate surface area is 82.7 Å². The molecule has 0 saturated heterocycles. The van der Waals surface area contributed by atoms with Crippen molar-refractivity contribution in [1.29, 1.82) is 0 Å². The average Bonchev–Trinajstić information content (AvgIpc) is 2.76. The van der Waals surface area contributed by atoms with Gasteiger partial charge in [0.15, 0.2) is 17.1 Å². The minimum absolute atomic E-state index is 0.175. The van der Waals surface area contributed by atoms with E-state index in [1.165, 1.54) is 23.6 Å². The first-order valence-corrected chi connectivity index (χ1v) is 4.63. The Balaban J connectivity index is 2.14. The highest BCUT2D eigenvalue weighted by molar-refractivity contribution is 7.11. The molecule has 0 N–H and O–H groups in total. The van der Waals surface area contributed by atoms with Crippen molar-refractivity contribution in [3.63, 3.8) is 0 Å². The summed E-state index contributed by atoms with van der Waals surface area (Å²) in [5.41, 5.74) is 0. The number of hydrogen-bond donors (Lipinski definition) is 0. The van der Waals surface area contributed by atoms with Crippen LogP contribution in [0, 0.1) is 5.82 Å². The second kappa shape index (κ2) is 3.63. The molecule has 0 unspecified atom stereocenters. The van der Waals surface area contributed by atoms with E-state index in [1.807, 2.05) is 0 Å². The summed E-state index contributed by atoms with van der Waals surface area (Å²) in [6.07, 6.45) is 0.571. The molecule has 0 aliphatic carbocycles. The predicted molar refractivity (Wildman–Crippen MR) is 48.4 cm³/mol. The zero-order chi connectivity index (χ0) is 9.97. The zero-order valence-corrected chi connectivity index (χ0v) is 7.71. The topological polar surface area (TPSA) is 39.4 Å². The first kappa shape index (κ1) is 8.96. The molecule has 14 heavy (non-hydrogen) atoms. The van der Waals surface area contributed by atoms with Gasteiger partial charge in [-0.1, -0.05) is 0 Å². The smallest absolute Gasteiger partial charge is 0.291 e. The van der Waals surface area contributed by atoms with Gasteiger partial charge in [-0.3, -0.25) is 4.79 Å². The van der Waals surface area contributed by atoms with Crippen molar-refractivity contribution >= 4 is 17.6 Å². The molecular weight excluding hydrogens is 207 g/mol. The SMILES string of the molecule is O=Cc1ccc(Oc2cc(F)cs2)o1. The standard InChI is InChI=1S/C9H5FO3S/c10-6-3-9(14-5-6)13-8-2-1-7(4-11)12-8/h1-5H. The average molecular weight is 212 g/mol. The maximum atomic E-state index is 12.5. The van der Waals surface area contributed by atoms with Crippen molar-refractivity contribution in [3.8, 4) is 11.0 Å². The van der Waals surface area contributed by atoms with Crippen LogP contribution in [0.4, 0.5) is 4.39 Å². The quantitative estimate of drug-likeness (QED) is 0.734. The van der Waals surface area contributed by atoms with E-state index in [2.05, 4.69) is 0 Å². The Hall–Kier alpha value is -1.62. The summed E-state index contributed by atoms with van der Waals surface area (Å²) in [7, 11) is 0. The Morgan fingerprint density at radius 2 is 2.36 bits per heavy atom. The highest BCUT2D eigenvalue weighted by Gasteiger charge is 2.05. The van der Waals surface area contributed by atoms with Gasteiger partial charge >= 0.3 is 0 Å². The lowest BCUT2D eigenvalue weighted by Crippen LogP contribution is -1.76. The molecule has 0 bridgehead atoms. The fourth-order valence-corrected chi connectivity index (χ4v) is 1.51.